The van der Waals surface area contributed by atoms with Crippen molar-refractivity contribution in [3.63, 3.8) is 0 Å². The number of anilines is 2. The van der Waals surface area contributed by atoms with Crippen LogP contribution < -0.4 is 10.6 Å². The lowest BCUT2D eigenvalue weighted by atomic mass is 10.2. The molecule has 0 aliphatic carbocycles. The third-order valence-electron chi connectivity index (χ3n) is 5.36. The predicted octanol–water partition coefficient (Wildman–Crippen LogP) is 4.42. The second kappa shape index (κ2) is 11.8. The molecule has 0 radical (unpaired) electrons. The molecule has 9 heteroatoms. The van der Waals surface area contributed by atoms with Crippen molar-refractivity contribution in [2.45, 2.75) is 50.2 Å². The van der Waals surface area contributed by atoms with Crippen LogP contribution in [0.15, 0.2) is 59.8 Å². The quantitative estimate of drug-likeness (QED) is 0.418. The number of carbonyl (C=O) groups is 2. The molecule has 3 aromatic rings. The van der Waals surface area contributed by atoms with Crippen molar-refractivity contribution >= 4 is 35.0 Å². The van der Waals surface area contributed by atoms with E-state index in [2.05, 4.69) is 49.4 Å². The molecule has 0 bridgehead atoms. The number of benzene rings is 2. The Morgan fingerprint density at radius 1 is 1.00 bits per heavy atom. The zero-order chi connectivity index (χ0) is 24.7. The van der Waals surface area contributed by atoms with Crippen LogP contribution in [0.2, 0.25) is 0 Å². The minimum Gasteiger partial charge on any atom is -0.326 e. The Morgan fingerprint density at radius 3 is 2.18 bits per heavy atom. The van der Waals surface area contributed by atoms with E-state index >= 15 is 0 Å². The van der Waals surface area contributed by atoms with Gasteiger partial charge in [-0.3, -0.25) is 14.5 Å². The van der Waals surface area contributed by atoms with E-state index in [0.29, 0.717) is 23.1 Å². The number of nitrogens with one attached hydrogen (secondary N) is 2. The van der Waals surface area contributed by atoms with Gasteiger partial charge in [0.15, 0.2) is 11.0 Å². The Morgan fingerprint density at radius 2 is 1.62 bits per heavy atom. The first-order chi connectivity index (χ1) is 16.3. The lowest BCUT2D eigenvalue weighted by molar-refractivity contribution is -0.115. The van der Waals surface area contributed by atoms with Crippen LogP contribution in [0.5, 0.6) is 0 Å². The minimum absolute atomic E-state index is 0.122. The number of hydrogen-bond acceptors (Lipinski definition) is 6. The van der Waals surface area contributed by atoms with Gasteiger partial charge in [0.05, 0.1) is 17.8 Å². The molecule has 2 N–H and O–H groups in total. The smallest absolute Gasteiger partial charge is 0.237 e. The number of thioether (sulfide) groups is 1. The fourth-order valence-electron chi connectivity index (χ4n) is 3.62. The highest BCUT2D eigenvalue weighted by Crippen LogP contribution is 2.29. The first kappa shape index (κ1) is 25.5. The van der Waals surface area contributed by atoms with Gasteiger partial charge in [-0.15, -0.1) is 10.2 Å². The second-order valence-electron chi connectivity index (χ2n) is 8.31. The summed E-state index contributed by atoms with van der Waals surface area (Å²) >= 11 is 1.39. The monoisotopic (exact) mass is 480 g/mol. The van der Waals surface area contributed by atoms with Crippen molar-refractivity contribution in [3.8, 4) is 0 Å². The number of amides is 2. The SMILES string of the molecule is CC[C@H](c1nnc(S[C@@H](C)C(=O)Nc2ccc(NC(C)=O)cc2)n1Cc1ccccc1)N(C)C. The topological polar surface area (TPSA) is 92.1 Å². The van der Waals surface area contributed by atoms with E-state index < -0.39 is 0 Å². The van der Waals surface area contributed by atoms with Crippen molar-refractivity contribution < 1.29 is 9.59 Å². The zero-order valence-electron chi connectivity index (χ0n) is 20.3. The van der Waals surface area contributed by atoms with Crippen LogP contribution in [0.25, 0.3) is 0 Å². The molecule has 1 heterocycles. The molecule has 0 spiro atoms. The Bertz CT molecular complexity index is 1100. The van der Waals surface area contributed by atoms with Crippen LogP contribution in [0.1, 0.15) is 44.6 Å². The molecule has 3 rings (SSSR count). The predicted molar refractivity (Wildman–Crippen MR) is 137 cm³/mol. The summed E-state index contributed by atoms with van der Waals surface area (Å²) in [7, 11) is 4.07. The number of aromatic nitrogens is 3. The summed E-state index contributed by atoms with van der Waals surface area (Å²) < 4.78 is 2.11. The van der Waals surface area contributed by atoms with Crippen molar-refractivity contribution in [2.75, 3.05) is 24.7 Å². The molecule has 2 amide bonds. The first-order valence-corrected chi connectivity index (χ1v) is 12.1. The Hall–Kier alpha value is -3.17. The van der Waals surface area contributed by atoms with Crippen LogP contribution in [0.4, 0.5) is 11.4 Å². The van der Waals surface area contributed by atoms with E-state index in [9.17, 15) is 9.59 Å². The minimum atomic E-state index is -0.388. The second-order valence-corrected chi connectivity index (χ2v) is 9.62. The fraction of sp³-hybridized carbons (Fsp3) is 0.360. The van der Waals surface area contributed by atoms with E-state index in [1.807, 2.05) is 39.2 Å². The summed E-state index contributed by atoms with van der Waals surface area (Å²) in [5.41, 5.74) is 2.49. The fourth-order valence-corrected chi connectivity index (χ4v) is 4.48. The molecule has 34 heavy (non-hydrogen) atoms. The van der Waals surface area contributed by atoms with Gasteiger partial charge in [-0.2, -0.15) is 0 Å². The summed E-state index contributed by atoms with van der Waals surface area (Å²) in [4.78, 5) is 26.2. The van der Waals surface area contributed by atoms with E-state index in [4.69, 9.17) is 0 Å². The molecule has 2 atom stereocenters. The van der Waals surface area contributed by atoms with E-state index in [1.54, 1.807) is 24.3 Å². The molecule has 0 fully saturated rings. The summed E-state index contributed by atoms with van der Waals surface area (Å²) in [6, 6.07) is 17.3. The van der Waals surface area contributed by atoms with Gasteiger partial charge in [0, 0.05) is 18.3 Å². The lowest BCUT2D eigenvalue weighted by Gasteiger charge is -2.23. The average Bonchev–Trinajstić information content (AvgIpc) is 3.17. The molecule has 1 aromatic heterocycles. The maximum Gasteiger partial charge on any atom is 0.237 e. The maximum atomic E-state index is 12.9. The number of carbonyl (C=O) groups excluding carboxylic acids is 2. The Kier molecular flexibility index (Phi) is 8.84. The van der Waals surface area contributed by atoms with Crippen LogP contribution >= 0.6 is 11.8 Å². The molecule has 180 valence electrons. The molecule has 8 nitrogen and oxygen atoms in total. The van der Waals surface area contributed by atoms with Gasteiger partial charge >= 0.3 is 0 Å². The maximum absolute atomic E-state index is 12.9. The highest BCUT2D eigenvalue weighted by molar-refractivity contribution is 8.00. The van der Waals surface area contributed by atoms with Gasteiger partial charge in [-0.05, 0) is 57.3 Å². The number of rotatable bonds is 10. The van der Waals surface area contributed by atoms with Gasteiger partial charge in [0.25, 0.3) is 0 Å². The van der Waals surface area contributed by atoms with Gasteiger partial charge in [-0.25, -0.2) is 0 Å². The summed E-state index contributed by atoms with van der Waals surface area (Å²) in [6.45, 7) is 6.08. The van der Waals surface area contributed by atoms with E-state index in [0.717, 1.165) is 17.8 Å². The Balaban J connectivity index is 1.77. The number of hydrogen-bond donors (Lipinski definition) is 2. The standard InChI is InChI=1S/C25H32N6O2S/c1-6-22(30(4)5)23-28-29-25(31(23)16-19-10-8-7-9-11-19)34-17(2)24(33)27-21-14-12-20(13-15-21)26-18(3)32/h7-15,17,22H,6,16H2,1-5H3,(H,26,32)(H,27,33)/t17-,22+/m0/s1. The van der Waals surface area contributed by atoms with Gasteiger partial charge in [-0.1, -0.05) is 49.0 Å². The van der Waals surface area contributed by atoms with Gasteiger partial charge in [0.1, 0.15) is 0 Å². The largest absolute Gasteiger partial charge is 0.326 e. The Labute approximate surface area is 205 Å². The first-order valence-electron chi connectivity index (χ1n) is 11.3. The lowest BCUT2D eigenvalue weighted by Crippen LogP contribution is -2.25. The van der Waals surface area contributed by atoms with E-state index in [-0.39, 0.29) is 23.1 Å². The normalized spacial score (nSPS) is 12.9. The van der Waals surface area contributed by atoms with Crippen LogP contribution in [-0.2, 0) is 16.1 Å². The molecule has 0 saturated heterocycles. The highest BCUT2D eigenvalue weighted by Gasteiger charge is 2.25. The third kappa shape index (κ3) is 6.68. The van der Waals surface area contributed by atoms with Crippen molar-refractivity contribution in [2.24, 2.45) is 0 Å². The van der Waals surface area contributed by atoms with Crippen LogP contribution in [0.3, 0.4) is 0 Å². The molecule has 0 aliphatic rings. The third-order valence-corrected chi connectivity index (χ3v) is 6.44. The molecular weight excluding hydrogens is 448 g/mol. The van der Waals surface area contributed by atoms with Crippen LogP contribution in [0, 0.1) is 0 Å². The molecule has 0 saturated carbocycles. The summed E-state index contributed by atoms with van der Waals surface area (Å²) in [5, 5.41) is 14.9. The summed E-state index contributed by atoms with van der Waals surface area (Å²) in [6.07, 6.45) is 0.898. The highest BCUT2D eigenvalue weighted by atomic mass is 32.2. The number of nitrogens with zero attached hydrogens (tertiary/aromatic N) is 4. The van der Waals surface area contributed by atoms with Crippen LogP contribution in [-0.4, -0.2) is 50.8 Å². The van der Waals surface area contributed by atoms with Gasteiger partial charge < -0.3 is 15.2 Å². The molecule has 0 unspecified atom stereocenters. The van der Waals surface area contributed by atoms with Crippen molar-refractivity contribution in [1.82, 2.24) is 19.7 Å². The molecular formula is C25H32N6O2S. The summed E-state index contributed by atoms with van der Waals surface area (Å²) in [5.74, 6) is 0.619. The molecule has 0 aliphatic heterocycles. The van der Waals surface area contributed by atoms with Gasteiger partial charge in [0.2, 0.25) is 11.8 Å². The zero-order valence-corrected chi connectivity index (χ0v) is 21.1. The van der Waals surface area contributed by atoms with E-state index in [1.165, 1.54) is 18.7 Å². The van der Waals surface area contributed by atoms with Crippen molar-refractivity contribution in [1.29, 1.82) is 0 Å². The van der Waals surface area contributed by atoms with Crippen molar-refractivity contribution in [3.05, 3.63) is 66.0 Å². The molecule has 2 aromatic carbocycles. The average molecular weight is 481 g/mol.